The molecule has 0 atom stereocenters. The SMILES string of the molecule is Clc1ccc2c(c1NCc1ccc(SC3CCCC3)nc1)CCNCC2. The number of pyridine rings is 1. The van der Waals surface area contributed by atoms with Gasteiger partial charge in [-0.2, -0.15) is 0 Å². The van der Waals surface area contributed by atoms with Gasteiger partial charge in [0, 0.05) is 18.0 Å². The highest BCUT2D eigenvalue weighted by Crippen LogP contribution is 2.34. The molecule has 3 nitrogen and oxygen atoms in total. The molecule has 2 aliphatic rings. The molecule has 4 rings (SSSR count). The zero-order valence-electron chi connectivity index (χ0n) is 15.1. The number of benzene rings is 1. The van der Waals surface area contributed by atoms with Crippen molar-refractivity contribution in [2.45, 2.75) is 55.3 Å². The largest absolute Gasteiger partial charge is 0.379 e. The number of rotatable bonds is 5. The van der Waals surface area contributed by atoms with Crippen LogP contribution in [0.15, 0.2) is 35.5 Å². The highest BCUT2D eigenvalue weighted by molar-refractivity contribution is 7.99. The van der Waals surface area contributed by atoms with Crippen LogP contribution in [0.3, 0.4) is 0 Å². The molecule has 1 aliphatic carbocycles. The van der Waals surface area contributed by atoms with Crippen LogP contribution in [-0.4, -0.2) is 23.3 Å². The molecule has 0 radical (unpaired) electrons. The van der Waals surface area contributed by atoms with E-state index in [1.807, 2.05) is 24.0 Å². The fraction of sp³-hybridized carbons (Fsp3) is 0.476. The number of nitrogens with zero attached hydrogens (tertiary/aromatic N) is 1. The van der Waals surface area contributed by atoms with E-state index in [1.54, 1.807) is 0 Å². The van der Waals surface area contributed by atoms with Gasteiger partial charge >= 0.3 is 0 Å². The fourth-order valence-corrected chi connectivity index (χ4v) is 5.30. The summed E-state index contributed by atoms with van der Waals surface area (Å²) in [5, 5.41) is 9.76. The Hall–Kier alpha value is -1.23. The van der Waals surface area contributed by atoms with E-state index in [2.05, 4.69) is 33.8 Å². The van der Waals surface area contributed by atoms with Crippen molar-refractivity contribution in [3.63, 3.8) is 0 Å². The molecular weight excluding hydrogens is 362 g/mol. The number of halogens is 1. The van der Waals surface area contributed by atoms with E-state index < -0.39 is 0 Å². The molecule has 1 fully saturated rings. The van der Waals surface area contributed by atoms with Crippen molar-refractivity contribution in [2.24, 2.45) is 0 Å². The molecule has 0 amide bonds. The number of fused-ring (bicyclic) bond motifs is 1. The summed E-state index contributed by atoms with van der Waals surface area (Å²) >= 11 is 8.44. The van der Waals surface area contributed by atoms with Gasteiger partial charge in [-0.25, -0.2) is 4.98 Å². The molecule has 2 aromatic rings. The minimum atomic E-state index is 0.755. The Morgan fingerprint density at radius 1 is 1.12 bits per heavy atom. The summed E-state index contributed by atoms with van der Waals surface area (Å²) in [6, 6.07) is 8.55. The molecule has 2 N–H and O–H groups in total. The first-order chi connectivity index (χ1) is 12.8. The summed E-state index contributed by atoms with van der Waals surface area (Å²) in [4.78, 5) is 4.66. The van der Waals surface area contributed by atoms with E-state index in [0.29, 0.717) is 0 Å². The Morgan fingerprint density at radius 2 is 1.96 bits per heavy atom. The number of hydrogen-bond acceptors (Lipinski definition) is 4. The summed E-state index contributed by atoms with van der Waals surface area (Å²) in [5.41, 5.74) is 5.06. The second-order valence-electron chi connectivity index (χ2n) is 7.19. The average Bonchev–Trinajstić information content (AvgIpc) is 3.05. The molecule has 138 valence electrons. The Labute approximate surface area is 165 Å². The predicted molar refractivity (Wildman–Crippen MR) is 111 cm³/mol. The van der Waals surface area contributed by atoms with Gasteiger partial charge in [-0.15, -0.1) is 11.8 Å². The lowest BCUT2D eigenvalue weighted by Crippen LogP contribution is -2.16. The molecule has 26 heavy (non-hydrogen) atoms. The zero-order valence-corrected chi connectivity index (χ0v) is 16.6. The first-order valence-corrected chi connectivity index (χ1v) is 10.9. The van der Waals surface area contributed by atoms with Gasteiger partial charge in [-0.05, 0) is 67.6 Å². The van der Waals surface area contributed by atoms with Crippen molar-refractivity contribution in [1.82, 2.24) is 10.3 Å². The van der Waals surface area contributed by atoms with Gasteiger partial charge in [0.05, 0.1) is 15.7 Å². The average molecular weight is 388 g/mol. The fourth-order valence-electron chi connectivity index (χ4n) is 3.89. The Balaban J connectivity index is 1.42. The molecule has 1 aliphatic heterocycles. The van der Waals surface area contributed by atoms with Gasteiger partial charge in [0.2, 0.25) is 0 Å². The molecule has 1 aromatic carbocycles. The molecular formula is C21H26ClN3S. The van der Waals surface area contributed by atoms with Crippen LogP contribution in [-0.2, 0) is 19.4 Å². The van der Waals surface area contributed by atoms with Crippen LogP contribution >= 0.6 is 23.4 Å². The van der Waals surface area contributed by atoms with Crippen LogP contribution in [0.1, 0.15) is 42.4 Å². The summed E-state index contributed by atoms with van der Waals surface area (Å²) < 4.78 is 0. The molecule has 2 heterocycles. The molecule has 0 unspecified atom stereocenters. The monoisotopic (exact) mass is 387 g/mol. The van der Waals surface area contributed by atoms with Gasteiger partial charge < -0.3 is 10.6 Å². The zero-order chi connectivity index (χ0) is 17.8. The maximum Gasteiger partial charge on any atom is 0.0962 e. The van der Waals surface area contributed by atoms with Crippen LogP contribution in [0.5, 0.6) is 0 Å². The first-order valence-electron chi connectivity index (χ1n) is 9.66. The van der Waals surface area contributed by atoms with Crippen molar-refractivity contribution in [1.29, 1.82) is 0 Å². The van der Waals surface area contributed by atoms with Crippen molar-refractivity contribution in [3.05, 3.63) is 52.2 Å². The molecule has 0 spiro atoms. The maximum atomic E-state index is 6.50. The lowest BCUT2D eigenvalue weighted by molar-refractivity contribution is 0.711. The molecule has 0 saturated heterocycles. The summed E-state index contributed by atoms with van der Waals surface area (Å²) in [7, 11) is 0. The van der Waals surface area contributed by atoms with Gasteiger partial charge in [0.25, 0.3) is 0 Å². The topological polar surface area (TPSA) is 37.0 Å². The van der Waals surface area contributed by atoms with Gasteiger partial charge in [-0.1, -0.05) is 36.6 Å². The van der Waals surface area contributed by atoms with Crippen LogP contribution in [0.25, 0.3) is 0 Å². The van der Waals surface area contributed by atoms with Crippen molar-refractivity contribution >= 4 is 29.1 Å². The van der Waals surface area contributed by atoms with E-state index in [4.69, 9.17) is 11.6 Å². The van der Waals surface area contributed by atoms with Crippen LogP contribution < -0.4 is 10.6 Å². The minimum Gasteiger partial charge on any atom is -0.379 e. The van der Waals surface area contributed by atoms with Crippen LogP contribution in [0.2, 0.25) is 5.02 Å². The molecule has 1 aromatic heterocycles. The van der Waals surface area contributed by atoms with Crippen LogP contribution in [0.4, 0.5) is 5.69 Å². The number of thioether (sulfide) groups is 1. The third kappa shape index (κ3) is 4.36. The third-order valence-corrected chi connectivity index (χ3v) is 6.94. The van der Waals surface area contributed by atoms with E-state index in [9.17, 15) is 0 Å². The van der Waals surface area contributed by atoms with Gasteiger partial charge in [0.1, 0.15) is 0 Å². The Kier molecular flexibility index (Phi) is 6.03. The second-order valence-corrected chi connectivity index (χ2v) is 8.92. The Bertz CT molecular complexity index is 742. The lowest BCUT2D eigenvalue weighted by atomic mass is 10.0. The molecule has 5 heteroatoms. The number of hydrogen-bond donors (Lipinski definition) is 2. The van der Waals surface area contributed by atoms with E-state index in [0.717, 1.165) is 53.5 Å². The molecule has 1 saturated carbocycles. The third-order valence-electron chi connectivity index (χ3n) is 5.34. The highest BCUT2D eigenvalue weighted by atomic mass is 35.5. The van der Waals surface area contributed by atoms with E-state index in [1.165, 1.54) is 42.4 Å². The molecule has 0 bridgehead atoms. The minimum absolute atomic E-state index is 0.755. The Morgan fingerprint density at radius 3 is 2.77 bits per heavy atom. The smallest absolute Gasteiger partial charge is 0.0962 e. The normalized spacial score (nSPS) is 17.7. The standard InChI is InChI=1S/C21H26ClN3S/c22-19-7-6-16-9-11-23-12-10-18(16)21(19)25-14-15-5-8-20(24-13-15)26-17-3-1-2-4-17/h5-8,13,17,23,25H,1-4,9-12,14H2. The van der Waals surface area contributed by atoms with Crippen molar-refractivity contribution in [3.8, 4) is 0 Å². The first kappa shape index (κ1) is 18.1. The highest BCUT2D eigenvalue weighted by Gasteiger charge is 2.17. The summed E-state index contributed by atoms with van der Waals surface area (Å²) in [6.07, 6.45) is 9.50. The number of anilines is 1. The predicted octanol–water partition coefficient (Wildman–Crippen LogP) is 5.07. The van der Waals surface area contributed by atoms with Crippen molar-refractivity contribution in [2.75, 3.05) is 18.4 Å². The number of aromatic nitrogens is 1. The van der Waals surface area contributed by atoms with Gasteiger partial charge in [-0.3, -0.25) is 0 Å². The quantitative estimate of drug-likeness (QED) is 0.750. The summed E-state index contributed by atoms with van der Waals surface area (Å²) in [5.74, 6) is 0. The van der Waals surface area contributed by atoms with E-state index >= 15 is 0 Å². The summed E-state index contributed by atoms with van der Waals surface area (Å²) in [6.45, 7) is 2.81. The second kappa shape index (κ2) is 8.64. The number of nitrogens with one attached hydrogen (secondary N) is 2. The van der Waals surface area contributed by atoms with E-state index in [-0.39, 0.29) is 0 Å². The van der Waals surface area contributed by atoms with Crippen molar-refractivity contribution < 1.29 is 0 Å². The maximum absolute atomic E-state index is 6.50. The lowest BCUT2D eigenvalue weighted by Gasteiger charge is -2.16. The van der Waals surface area contributed by atoms with Crippen LogP contribution in [0, 0.1) is 0 Å². The van der Waals surface area contributed by atoms with Gasteiger partial charge in [0.15, 0.2) is 0 Å².